The molecule has 0 unspecified atom stereocenters. The fraction of sp³-hybridized carbons (Fsp3) is 0.0385. The highest BCUT2D eigenvalue weighted by molar-refractivity contribution is 6.31. The summed E-state index contributed by atoms with van der Waals surface area (Å²) in [5.41, 5.74) is 3.74. The first-order chi connectivity index (χ1) is 14.7. The zero-order valence-electron chi connectivity index (χ0n) is 16.2. The molecule has 0 heterocycles. The maximum atomic E-state index is 12.6. The molecule has 0 aliphatic rings. The van der Waals surface area contributed by atoms with Crippen LogP contribution < -0.4 is 10.1 Å². The third kappa shape index (κ3) is 5.07. The van der Waals surface area contributed by atoms with Gasteiger partial charge in [0.1, 0.15) is 5.75 Å². The molecular weight excluding hydrogens is 394 g/mol. The second kappa shape index (κ2) is 9.29. The highest BCUT2D eigenvalue weighted by Gasteiger charge is 2.11. The lowest BCUT2D eigenvalue weighted by Gasteiger charge is -2.13. The summed E-state index contributed by atoms with van der Waals surface area (Å²) in [5, 5.41) is 3.44. The average Bonchev–Trinajstić information content (AvgIpc) is 2.77. The van der Waals surface area contributed by atoms with Crippen molar-refractivity contribution in [3.8, 4) is 22.6 Å². The number of hydrogen-bond donors (Lipinski definition) is 1. The molecular formula is C26H20ClNO2. The first-order valence-corrected chi connectivity index (χ1v) is 10.0. The van der Waals surface area contributed by atoms with Crippen molar-refractivity contribution in [1.82, 2.24) is 0 Å². The SMILES string of the molecule is O=C(Cc1ccc(-c2ccccc2)cc1)Nc1cc(Cl)ccc1Oc1ccccc1. The van der Waals surface area contributed by atoms with Crippen molar-refractivity contribution in [2.24, 2.45) is 0 Å². The van der Waals surface area contributed by atoms with Gasteiger partial charge in [0.15, 0.2) is 5.75 Å². The molecule has 0 fully saturated rings. The smallest absolute Gasteiger partial charge is 0.228 e. The molecule has 4 heteroatoms. The van der Waals surface area contributed by atoms with Gasteiger partial charge in [0.05, 0.1) is 12.1 Å². The molecule has 0 saturated carbocycles. The van der Waals surface area contributed by atoms with E-state index in [1.807, 2.05) is 72.8 Å². The van der Waals surface area contributed by atoms with E-state index < -0.39 is 0 Å². The molecule has 3 nitrogen and oxygen atoms in total. The van der Waals surface area contributed by atoms with Gasteiger partial charge in [0.2, 0.25) is 5.91 Å². The van der Waals surface area contributed by atoms with Gasteiger partial charge in [-0.15, -0.1) is 0 Å². The molecule has 0 aromatic heterocycles. The van der Waals surface area contributed by atoms with E-state index >= 15 is 0 Å². The lowest BCUT2D eigenvalue weighted by molar-refractivity contribution is -0.115. The fourth-order valence-electron chi connectivity index (χ4n) is 3.13. The Hall–Kier alpha value is -3.56. The Kier molecular flexibility index (Phi) is 6.11. The quantitative estimate of drug-likeness (QED) is 0.370. The van der Waals surface area contributed by atoms with Crippen LogP contribution in [-0.2, 0) is 11.2 Å². The standard InChI is InChI=1S/C26H20ClNO2/c27-22-15-16-25(30-23-9-5-2-6-10-23)24(18-22)28-26(29)17-19-11-13-21(14-12-19)20-7-3-1-4-8-20/h1-16,18H,17H2,(H,28,29). The van der Waals surface area contributed by atoms with Gasteiger partial charge in [-0.2, -0.15) is 0 Å². The number of hydrogen-bond acceptors (Lipinski definition) is 2. The molecule has 30 heavy (non-hydrogen) atoms. The van der Waals surface area contributed by atoms with E-state index in [-0.39, 0.29) is 12.3 Å². The Balaban J connectivity index is 1.45. The first-order valence-electron chi connectivity index (χ1n) is 9.64. The van der Waals surface area contributed by atoms with Gasteiger partial charge in [-0.25, -0.2) is 0 Å². The van der Waals surface area contributed by atoms with Crippen LogP contribution in [0.3, 0.4) is 0 Å². The average molecular weight is 414 g/mol. The van der Waals surface area contributed by atoms with Crippen LogP contribution in [0.15, 0.2) is 103 Å². The Morgan fingerprint density at radius 3 is 2.10 bits per heavy atom. The number of amides is 1. The molecule has 1 amide bonds. The van der Waals surface area contributed by atoms with Crippen molar-refractivity contribution in [2.45, 2.75) is 6.42 Å². The van der Waals surface area contributed by atoms with Crippen molar-refractivity contribution in [3.05, 3.63) is 114 Å². The van der Waals surface area contributed by atoms with Crippen LogP contribution in [0.1, 0.15) is 5.56 Å². The van der Waals surface area contributed by atoms with Crippen molar-refractivity contribution >= 4 is 23.2 Å². The topological polar surface area (TPSA) is 38.3 Å². The molecule has 0 aliphatic carbocycles. The number of ether oxygens (including phenoxy) is 1. The molecule has 0 radical (unpaired) electrons. The second-order valence-electron chi connectivity index (χ2n) is 6.84. The van der Waals surface area contributed by atoms with E-state index in [4.69, 9.17) is 16.3 Å². The Labute approximate surface area is 180 Å². The van der Waals surface area contributed by atoms with Crippen molar-refractivity contribution in [3.63, 3.8) is 0 Å². The highest BCUT2D eigenvalue weighted by Crippen LogP contribution is 2.32. The van der Waals surface area contributed by atoms with Crippen molar-refractivity contribution in [2.75, 3.05) is 5.32 Å². The van der Waals surface area contributed by atoms with Crippen LogP contribution in [0, 0.1) is 0 Å². The Morgan fingerprint density at radius 2 is 1.40 bits per heavy atom. The van der Waals surface area contributed by atoms with E-state index in [9.17, 15) is 4.79 Å². The van der Waals surface area contributed by atoms with Gasteiger partial charge in [0, 0.05) is 5.02 Å². The largest absolute Gasteiger partial charge is 0.455 e. The minimum Gasteiger partial charge on any atom is -0.455 e. The lowest BCUT2D eigenvalue weighted by atomic mass is 10.0. The molecule has 0 atom stereocenters. The summed E-state index contributed by atoms with van der Waals surface area (Å²) < 4.78 is 5.91. The number of rotatable bonds is 6. The fourth-order valence-corrected chi connectivity index (χ4v) is 3.30. The summed E-state index contributed by atoms with van der Waals surface area (Å²) in [6.45, 7) is 0. The first kappa shape index (κ1) is 19.7. The van der Waals surface area contributed by atoms with Gasteiger partial charge in [-0.05, 0) is 47.0 Å². The number of anilines is 1. The third-order valence-electron chi connectivity index (χ3n) is 4.61. The van der Waals surface area contributed by atoms with Crippen LogP contribution in [0.2, 0.25) is 5.02 Å². The number of halogens is 1. The summed E-state index contributed by atoms with van der Waals surface area (Å²) in [7, 11) is 0. The molecule has 0 bridgehead atoms. The van der Waals surface area contributed by atoms with Crippen LogP contribution >= 0.6 is 11.6 Å². The van der Waals surface area contributed by atoms with Gasteiger partial charge < -0.3 is 10.1 Å². The van der Waals surface area contributed by atoms with Crippen LogP contribution in [-0.4, -0.2) is 5.91 Å². The zero-order valence-corrected chi connectivity index (χ0v) is 17.0. The second-order valence-corrected chi connectivity index (χ2v) is 7.28. The molecule has 4 rings (SSSR count). The Morgan fingerprint density at radius 1 is 0.767 bits per heavy atom. The van der Waals surface area contributed by atoms with Crippen LogP contribution in [0.5, 0.6) is 11.5 Å². The van der Waals surface area contributed by atoms with Gasteiger partial charge in [0.25, 0.3) is 0 Å². The lowest BCUT2D eigenvalue weighted by Crippen LogP contribution is -2.15. The van der Waals surface area contributed by atoms with E-state index in [1.165, 1.54) is 0 Å². The summed E-state index contributed by atoms with van der Waals surface area (Å²) in [5.74, 6) is 1.09. The van der Waals surface area contributed by atoms with E-state index in [0.29, 0.717) is 22.2 Å². The summed E-state index contributed by atoms with van der Waals surface area (Å²) in [6.07, 6.45) is 0.256. The minimum absolute atomic E-state index is 0.136. The monoisotopic (exact) mass is 413 g/mol. The summed E-state index contributed by atoms with van der Waals surface area (Å²) in [6, 6.07) is 32.7. The highest BCUT2D eigenvalue weighted by atomic mass is 35.5. The van der Waals surface area contributed by atoms with E-state index in [0.717, 1.165) is 16.7 Å². The number of carbonyl (C=O) groups is 1. The molecule has 148 valence electrons. The molecule has 0 spiro atoms. The maximum absolute atomic E-state index is 12.6. The van der Waals surface area contributed by atoms with Crippen LogP contribution in [0.4, 0.5) is 5.69 Å². The molecule has 4 aromatic rings. The molecule has 1 N–H and O–H groups in total. The minimum atomic E-state index is -0.136. The number of benzene rings is 4. The van der Waals surface area contributed by atoms with Crippen molar-refractivity contribution < 1.29 is 9.53 Å². The zero-order chi connectivity index (χ0) is 20.8. The Bertz CT molecular complexity index is 1130. The number of nitrogens with one attached hydrogen (secondary N) is 1. The summed E-state index contributed by atoms with van der Waals surface area (Å²) in [4.78, 5) is 12.6. The number of carbonyl (C=O) groups excluding carboxylic acids is 1. The third-order valence-corrected chi connectivity index (χ3v) is 4.85. The molecule has 4 aromatic carbocycles. The van der Waals surface area contributed by atoms with Gasteiger partial charge in [-0.1, -0.05) is 84.4 Å². The molecule has 0 saturated heterocycles. The normalized spacial score (nSPS) is 10.4. The molecule has 0 aliphatic heterocycles. The van der Waals surface area contributed by atoms with E-state index in [1.54, 1.807) is 18.2 Å². The van der Waals surface area contributed by atoms with Crippen molar-refractivity contribution in [1.29, 1.82) is 0 Å². The number of para-hydroxylation sites is 1. The van der Waals surface area contributed by atoms with E-state index in [2.05, 4.69) is 17.4 Å². The predicted octanol–water partition coefficient (Wildman–Crippen LogP) is 6.98. The van der Waals surface area contributed by atoms with Gasteiger partial charge in [-0.3, -0.25) is 4.79 Å². The van der Waals surface area contributed by atoms with Gasteiger partial charge >= 0.3 is 0 Å². The predicted molar refractivity (Wildman–Crippen MR) is 122 cm³/mol. The van der Waals surface area contributed by atoms with Crippen LogP contribution in [0.25, 0.3) is 11.1 Å². The maximum Gasteiger partial charge on any atom is 0.228 e. The summed E-state index contributed by atoms with van der Waals surface area (Å²) >= 11 is 6.13.